The fourth-order valence-electron chi connectivity index (χ4n) is 3.04. The molecule has 0 radical (unpaired) electrons. The fourth-order valence-corrected chi connectivity index (χ4v) is 3.23. The Morgan fingerprint density at radius 1 is 1.45 bits per heavy atom. The second-order valence-corrected chi connectivity index (χ2v) is 6.00. The van der Waals surface area contributed by atoms with Gasteiger partial charge in [0.1, 0.15) is 0 Å². The third-order valence-corrected chi connectivity index (χ3v) is 4.39. The minimum atomic E-state index is 0.0835. The van der Waals surface area contributed by atoms with Crippen LogP contribution in [0, 0.1) is 0 Å². The molecule has 110 valence electrons. The Bertz CT molecular complexity index is 450. The van der Waals surface area contributed by atoms with Gasteiger partial charge in [-0.1, -0.05) is 24.6 Å². The van der Waals surface area contributed by atoms with Gasteiger partial charge in [0, 0.05) is 10.7 Å². The zero-order valence-corrected chi connectivity index (χ0v) is 12.9. The van der Waals surface area contributed by atoms with E-state index in [1.165, 1.54) is 32.2 Å². The number of piperidine rings is 1. The number of benzene rings is 1. The molecule has 1 aromatic carbocycles. The van der Waals surface area contributed by atoms with Crippen LogP contribution in [0.15, 0.2) is 24.3 Å². The van der Waals surface area contributed by atoms with Gasteiger partial charge in [0.05, 0.1) is 25.6 Å². The van der Waals surface area contributed by atoms with Crippen LogP contribution in [0.1, 0.15) is 39.0 Å². The number of anilines is 1. The van der Waals surface area contributed by atoms with Crippen LogP contribution in [0.4, 0.5) is 5.69 Å². The number of rotatable bonds is 5. The smallest absolute Gasteiger partial charge is 0.230 e. The number of hydrogen-bond donors (Lipinski definition) is 2. The van der Waals surface area contributed by atoms with Crippen LogP contribution in [-0.4, -0.2) is 25.0 Å². The Hall–Kier alpha value is -1.06. The van der Waals surface area contributed by atoms with Crippen molar-refractivity contribution in [2.45, 2.75) is 45.1 Å². The molecule has 1 unspecified atom stereocenters. The topological polar surface area (TPSA) is 33.5 Å². The number of nitrogens with one attached hydrogen (secondary N) is 2. The van der Waals surface area contributed by atoms with Gasteiger partial charge in [0.15, 0.2) is 0 Å². The van der Waals surface area contributed by atoms with Crippen LogP contribution >= 0.6 is 11.6 Å². The summed E-state index contributed by atoms with van der Waals surface area (Å²) in [6, 6.07) is 8.04. The fraction of sp³-hybridized carbons (Fsp3) is 0.562. The average molecular weight is 296 g/mol. The van der Waals surface area contributed by atoms with Gasteiger partial charge in [0.2, 0.25) is 5.91 Å². The van der Waals surface area contributed by atoms with Gasteiger partial charge in [-0.05, 0) is 43.9 Å². The predicted molar refractivity (Wildman–Crippen MR) is 83.3 cm³/mol. The monoisotopic (exact) mass is 295 g/mol. The standard InChI is InChI=1S/C16H23ClN2O/c1-2-15-8-3-4-10-19(15)11-9-16(20)18-14-7-5-6-13(17)12-14/h5-7,12,15H,2-4,8-11H2,1H3,(H,18,20)/p+1/t15-/m0/s1. The van der Waals surface area contributed by atoms with Crippen molar-refractivity contribution in [3.05, 3.63) is 29.3 Å². The number of amides is 1. The van der Waals surface area contributed by atoms with E-state index in [4.69, 9.17) is 11.6 Å². The highest BCUT2D eigenvalue weighted by atomic mass is 35.5. The molecule has 3 nitrogen and oxygen atoms in total. The van der Waals surface area contributed by atoms with Gasteiger partial charge >= 0.3 is 0 Å². The molecule has 1 aromatic rings. The quantitative estimate of drug-likeness (QED) is 0.860. The maximum absolute atomic E-state index is 12.0. The number of carbonyl (C=O) groups excluding carboxylic acids is 1. The summed E-state index contributed by atoms with van der Waals surface area (Å²) in [5.74, 6) is 0.0835. The first-order chi connectivity index (χ1) is 9.69. The minimum Gasteiger partial charge on any atom is -0.332 e. The Morgan fingerprint density at radius 2 is 2.30 bits per heavy atom. The van der Waals surface area contributed by atoms with Crippen LogP contribution in [0.2, 0.25) is 5.02 Å². The second kappa shape index (κ2) is 7.65. The third-order valence-electron chi connectivity index (χ3n) is 4.15. The molecule has 0 saturated carbocycles. The van der Waals surface area contributed by atoms with Crippen molar-refractivity contribution in [3.8, 4) is 0 Å². The highest BCUT2D eigenvalue weighted by molar-refractivity contribution is 6.30. The molecule has 1 fully saturated rings. The first-order valence-electron chi connectivity index (χ1n) is 7.59. The van der Waals surface area contributed by atoms with Gasteiger partial charge in [-0.3, -0.25) is 4.79 Å². The first-order valence-corrected chi connectivity index (χ1v) is 7.97. The number of halogens is 1. The maximum Gasteiger partial charge on any atom is 0.230 e. The lowest BCUT2D eigenvalue weighted by Gasteiger charge is -2.31. The predicted octanol–water partition coefficient (Wildman–Crippen LogP) is 2.52. The molecule has 1 amide bonds. The summed E-state index contributed by atoms with van der Waals surface area (Å²) < 4.78 is 0. The van der Waals surface area contributed by atoms with Crippen LogP contribution in [0.5, 0.6) is 0 Å². The van der Waals surface area contributed by atoms with Gasteiger partial charge in [-0.25, -0.2) is 0 Å². The molecule has 0 aliphatic carbocycles. The van der Waals surface area contributed by atoms with Crippen molar-refractivity contribution < 1.29 is 9.69 Å². The summed E-state index contributed by atoms with van der Waals surface area (Å²) in [4.78, 5) is 13.6. The lowest BCUT2D eigenvalue weighted by Crippen LogP contribution is -3.16. The van der Waals surface area contributed by atoms with Gasteiger partial charge in [-0.15, -0.1) is 0 Å². The molecule has 1 aliphatic rings. The molecule has 2 rings (SSSR count). The van der Waals surface area contributed by atoms with E-state index in [1.54, 1.807) is 17.0 Å². The molecule has 20 heavy (non-hydrogen) atoms. The van der Waals surface area contributed by atoms with Crippen LogP contribution in [-0.2, 0) is 4.79 Å². The van der Waals surface area contributed by atoms with E-state index in [9.17, 15) is 4.79 Å². The van der Waals surface area contributed by atoms with Gasteiger partial charge in [-0.2, -0.15) is 0 Å². The van der Waals surface area contributed by atoms with Crippen molar-refractivity contribution in [2.75, 3.05) is 18.4 Å². The van der Waals surface area contributed by atoms with Crippen molar-refractivity contribution in [1.82, 2.24) is 0 Å². The van der Waals surface area contributed by atoms with Crippen molar-refractivity contribution >= 4 is 23.2 Å². The number of hydrogen-bond acceptors (Lipinski definition) is 1. The lowest BCUT2D eigenvalue weighted by atomic mass is 10.00. The molecule has 1 aliphatic heterocycles. The molecule has 1 saturated heterocycles. The Morgan fingerprint density at radius 3 is 3.05 bits per heavy atom. The summed E-state index contributed by atoms with van der Waals surface area (Å²) in [6.07, 6.45) is 5.74. The van der Waals surface area contributed by atoms with E-state index in [0.717, 1.165) is 18.3 Å². The van der Waals surface area contributed by atoms with Crippen molar-refractivity contribution in [3.63, 3.8) is 0 Å². The first kappa shape index (κ1) is 15.3. The molecule has 4 heteroatoms. The summed E-state index contributed by atoms with van der Waals surface area (Å²) in [7, 11) is 0. The largest absolute Gasteiger partial charge is 0.332 e. The zero-order chi connectivity index (χ0) is 14.4. The van der Waals surface area contributed by atoms with Crippen LogP contribution < -0.4 is 10.2 Å². The maximum atomic E-state index is 12.0. The molecule has 0 aromatic heterocycles. The second-order valence-electron chi connectivity index (χ2n) is 5.57. The van der Waals surface area contributed by atoms with Gasteiger partial charge < -0.3 is 10.2 Å². The molecule has 0 spiro atoms. The SMILES string of the molecule is CC[C@H]1CCCC[NH+]1CCC(=O)Nc1cccc(Cl)c1. The summed E-state index contributed by atoms with van der Waals surface area (Å²) in [5.41, 5.74) is 0.781. The number of quaternary nitrogens is 1. The van der Waals surface area contributed by atoms with E-state index >= 15 is 0 Å². The van der Waals surface area contributed by atoms with E-state index < -0.39 is 0 Å². The normalized spacial score (nSPS) is 22.5. The summed E-state index contributed by atoms with van der Waals surface area (Å²) in [5, 5.41) is 3.57. The van der Waals surface area contributed by atoms with E-state index in [0.29, 0.717) is 11.4 Å². The molecule has 2 N–H and O–H groups in total. The minimum absolute atomic E-state index is 0.0835. The Balaban J connectivity index is 1.79. The molecule has 2 atom stereocenters. The summed E-state index contributed by atoms with van der Waals surface area (Å²) in [6.45, 7) is 4.40. The Kier molecular flexibility index (Phi) is 5.86. The zero-order valence-electron chi connectivity index (χ0n) is 12.1. The summed E-state index contributed by atoms with van der Waals surface area (Å²) >= 11 is 5.91. The molecule has 0 bridgehead atoms. The average Bonchev–Trinajstić information content (AvgIpc) is 2.45. The molecule has 1 heterocycles. The van der Waals surface area contributed by atoms with E-state index in [-0.39, 0.29) is 5.91 Å². The van der Waals surface area contributed by atoms with Crippen molar-refractivity contribution in [2.24, 2.45) is 0 Å². The third kappa shape index (κ3) is 4.50. The molecular weight excluding hydrogens is 272 g/mol. The number of likely N-dealkylation sites (tertiary alicyclic amines) is 1. The van der Waals surface area contributed by atoms with Crippen LogP contribution in [0.3, 0.4) is 0 Å². The number of carbonyl (C=O) groups is 1. The van der Waals surface area contributed by atoms with Crippen molar-refractivity contribution in [1.29, 1.82) is 0 Å². The molecular formula is C16H24ClN2O+. The highest BCUT2D eigenvalue weighted by Crippen LogP contribution is 2.14. The van der Waals surface area contributed by atoms with Crippen LogP contribution in [0.25, 0.3) is 0 Å². The Labute approximate surface area is 126 Å². The van der Waals surface area contributed by atoms with E-state index in [2.05, 4.69) is 12.2 Å². The highest BCUT2D eigenvalue weighted by Gasteiger charge is 2.24. The lowest BCUT2D eigenvalue weighted by molar-refractivity contribution is -0.930. The van der Waals surface area contributed by atoms with E-state index in [1.807, 2.05) is 12.1 Å². The van der Waals surface area contributed by atoms with Gasteiger partial charge in [0.25, 0.3) is 0 Å².